The largest absolute Gasteiger partial charge is 0.480 e. The maximum absolute atomic E-state index is 12.6. The van der Waals surface area contributed by atoms with Gasteiger partial charge in [0, 0.05) is 12.8 Å². The SMILES string of the molecule is CC/C=C\C/C=C\C/C=C\C(CCCCCCCCC(=O)NCC(=O)O)OC(=O)CCCCCCCCCCCCCCCCC. The molecular weight excluding hydrogens is 574 g/mol. The quantitative estimate of drug-likeness (QED) is 0.0412. The van der Waals surface area contributed by atoms with Crippen LogP contribution in [-0.4, -0.2) is 35.6 Å². The first-order valence-corrected chi connectivity index (χ1v) is 19.1. The van der Waals surface area contributed by atoms with Crippen molar-refractivity contribution in [2.75, 3.05) is 6.54 Å². The molecular formula is C40H71NO5. The molecule has 0 aromatic heterocycles. The third-order valence-electron chi connectivity index (χ3n) is 8.31. The van der Waals surface area contributed by atoms with Crippen molar-refractivity contribution in [3.63, 3.8) is 0 Å². The summed E-state index contributed by atoms with van der Waals surface area (Å²) in [6, 6.07) is 0. The monoisotopic (exact) mass is 646 g/mol. The lowest BCUT2D eigenvalue weighted by atomic mass is 10.0. The summed E-state index contributed by atoms with van der Waals surface area (Å²) in [7, 11) is 0. The second-order valence-electron chi connectivity index (χ2n) is 12.8. The highest BCUT2D eigenvalue weighted by atomic mass is 16.5. The number of nitrogens with one attached hydrogen (secondary N) is 1. The third-order valence-corrected chi connectivity index (χ3v) is 8.31. The van der Waals surface area contributed by atoms with Gasteiger partial charge < -0.3 is 15.2 Å². The molecule has 0 heterocycles. The molecule has 1 amide bonds. The highest BCUT2D eigenvalue weighted by Gasteiger charge is 2.11. The first-order chi connectivity index (χ1) is 22.5. The molecule has 0 aliphatic rings. The maximum Gasteiger partial charge on any atom is 0.322 e. The van der Waals surface area contributed by atoms with Crippen LogP contribution in [0.3, 0.4) is 0 Å². The number of allylic oxidation sites excluding steroid dienone is 5. The Kier molecular flexibility index (Phi) is 33.7. The number of carbonyl (C=O) groups excluding carboxylic acids is 2. The van der Waals surface area contributed by atoms with Crippen LogP contribution >= 0.6 is 0 Å². The number of rotatable bonds is 34. The lowest BCUT2D eigenvalue weighted by molar-refractivity contribution is -0.147. The topological polar surface area (TPSA) is 92.7 Å². The summed E-state index contributed by atoms with van der Waals surface area (Å²) in [5.41, 5.74) is 0. The van der Waals surface area contributed by atoms with Crippen LogP contribution in [0.1, 0.15) is 187 Å². The maximum atomic E-state index is 12.6. The van der Waals surface area contributed by atoms with Gasteiger partial charge in [-0.15, -0.1) is 0 Å². The molecule has 1 atom stereocenters. The smallest absolute Gasteiger partial charge is 0.322 e. The van der Waals surface area contributed by atoms with E-state index in [1.165, 1.54) is 83.5 Å². The molecule has 0 spiro atoms. The van der Waals surface area contributed by atoms with Gasteiger partial charge in [0.25, 0.3) is 0 Å². The number of ether oxygens (including phenoxy) is 1. The van der Waals surface area contributed by atoms with Crippen LogP contribution in [0.5, 0.6) is 0 Å². The number of carbonyl (C=O) groups is 3. The highest BCUT2D eigenvalue weighted by molar-refractivity contribution is 5.80. The molecule has 6 heteroatoms. The number of carboxylic acids is 1. The second kappa shape index (κ2) is 35.5. The van der Waals surface area contributed by atoms with Crippen LogP contribution in [-0.2, 0) is 19.1 Å². The van der Waals surface area contributed by atoms with E-state index in [0.29, 0.717) is 12.8 Å². The molecule has 266 valence electrons. The van der Waals surface area contributed by atoms with E-state index < -0.39 is 5.97 Å². The van der Waals surface area contributed by atoms with Crippen molar-refractivity contribution in [1.82, 2.24) is 5.32 Å². The Morgan fingerprint density at radius 2 is 1.04 bits per heavy atom. The van der Waals surface area contributed by atoms with Crippen molar-refractivity contribution >= 4 is 17.8 Å². The van der Waals surface area contributed by atoms with E-state index in [1.807, 2.05) is 0 Å². The van der Waals surface area contributed by atoms with Gasteiger partial charge >= 0.3 is 11.9 Å². The fraction of sp³-hybridized carbons (Fsp3) is 0.775. The van der Waals surface area contributed by atoms with Gasteiger partial charge in [0.05, 0.1) is 0 Å². The van der Waals surface area contributed by atoms with Gasteiger partial charge in [0.1, 0.15) is 12.6 Å². The highest BCUT2D eigenvalue weighted by Crippen LogP contribution is 2.16. The summed E-state index contributed by atoms with van der Waals surface area (Å²) in [4.78, 5) is 34.7. The van der Waals surface area contributed by atoms with E-state index in [0.717, 1.165) is 77.0 Å². The molecule has 0 aromatic carbocycles. The van der Waals surface area contributed by atoms with Crippen LogP contribution in [0, 0.1) is 0 Å². The molecule has 2 N–H and O–H groups in total. The Bertz CT molecular complexity index is 803. The number of carboxylic acid groups (broad SMARTS) is 1. The van der Waals surface area contributed by atoms with E-state index in [4.69, 9.17) is 9.84 Å². The van der Waals surface area contributed by atoms with Crippen molar-refractivity contribution in [3.05, 3.63) is 36.5 Å². The molecule has 0 radical (unpaired) electrons. The van der Waals surface area contributed by atoms with Crippen molar-refractivity contribution in [1.29, 1.82) is 0 Å². The van der Waals surface area contributed by atoms with Crippen molar-refractivity contribution in [2.24, 2.45) is 0 Å². The zero-order valence-corrected chi connectivity index (χ0v) is 29.9. The summed E-state index contributed by atoms with van der Waals surface area (Å²) in [5.74, 6) is -1.30. The Morgan fingerprint density at radius 3 is 1.57 bits per heavy atom. The van der Waals surface area contributed by atoms with Crippen molar-refractivity contribution in [2.45, 2.75) is 193 Å². The van der Waals surface area contributed by atoms with E-state index in [2.05, 4.69) is 55.6 Å². The average molecular weight is 646 g/mol. The summed E-state index contributed by atoms with van der Waals surface area (Å²) in [5, 5.41) is 11.0. The Labute approximate surface area is 283 Å². The Balaban J connectivity index is 4.14. The average Bonchev–Trinajstić information content (AvgIpc) is 3.04. The first kappa shape index (κ1) is 43.6. The lowest BCUT2D eigenvalue weighted by Crippen LogP contribution is -2.28. The van der Waals surface area contributed by atoms with Gasteiger partial charge in [-0.05, 0) is 51.0 Å². The van der Waals surface area contributed by atoms with Crippen LogP contribution < -0.4 is 5.32 Å². The van der Waals surface area contributed by atoms with Crippen LogP contribution in [0.15, 0.2) is 36.5 Å². The van der Waals surface area contributed by atoms with Crippen LogP contribution in [0.4, 0.5) is 0 Å². The summed E-state index contributed by atoms with van der Waals surface area (Å²) >= 11 is 0. The Hall–Kier alpha value is -2.37. The zero-order valence-electron chi connectivity index (χ0n) is 29.9. The van der Waals surface area contributed by atoms with Gasteiger partial charge in [-0.3, -0.25) is 14.4 Å². The van der Waals surface area contributed by atoms with E-state index >= 15 is 0 Å². The van der Waals surface area contributed by atoms with E-state index in [1.54, 1.807) is 0 Å². The normalized spacial score (nSPS) is 12.4. The third kappa shape index (κ3) is 34.5. The molecule has 46 heavy (non-hydrogen) atoms. The number of esters is 1. The molecule has 0 rings (SSSR count). The molecule has 1 unspecified atom stereocenters. The minimum atomic E-state index is -1.02. The van der Waals surface area contributed by atoms with Crippen molar-refractivity contribution in [3.8, 4) is 0 Å². The standard InChI is InChI=1S/C40H71NO5/c1-3-5-7-9-11-13-14-15-16-17-18-19-21-27-31-35-40(45)46-37(32-28-24-20-12-10-8-6-4-2)33-29-25-22-23-26-30-34-38(42)41-36-39(43)44/h6,8,12,20,28,32,37H,3-5,7,9-11,13-19,21-27,29-31,33-36H2,1-2H3,(H,41,42)(H,43,44)/b8-6-,20-12-,32-28-. The van der Waals surface area contributed by atoms with Gasteiger partial charge in [-0.1, -0.05) is 160 Å². The molecule has 0 bridgehead atoms. The van der Waals surface area contributed by atoms with Gasteiger partial charge in [0.2, 0.25) is 5.91 Å². The Morgan fingerprint density at radius 1 is 0.587 bits per heavy atom. The fourth-order valence-electron chi connectivity index (χ4n) is 5.51. The first-order valence-electron chi connectivity index (χ1n) is 19.1. The molecule has 0 saturated carbocycles. The van der Waals surface area contributed by atoms with Gasteiger partial charge in [-0.25, -0.2) is 0 Å². The number of hydrogen-bond donors (Lipinski definition) is 2. The number of unbranched alkanes of at least 4 members (excludes halogenated alkanes) is 19. The van der Waals surface area contributed by atoms with Gasteiger partial charge in [0.15, 0.2) is 0 Å². The predicted molar refractivity (Wildman–Crippen MR) is 194 cm³/mol. The predicted octanol–water partition coefficient (Wildman–Crippen LogP) is 11.3. The fourth-order valence-corrected chi connectivity index (χ4v) is 5.51. The molecule has 6 nitrogen and oxygen atoms in total. The molecule has 0 saturated heterocycles. The van der Waals surface area contributed by atoms with E-state index in [-0.39, 0.29) is 24.5 Å². The minimum absolute atomic E-state index is 0.0780. The van der Waals surface area contributed by atoms with Gasteiger partial charge in [-0.2, -0.15) is 0 Å². The minimum Gasteiger partial charge on any atom is -0.480 e. The summed E-state index contributed by atoms with van der Waals surface area (Å²) in [6.45, 7) is 4.10. The number of aliphatic carboxylic acids is 1. The van der Waals surface area contributed by atoms with Crippen LogP contribution in [0.2, 0.25) is 0 Å². The number of hydrogen-bond acceptors (Lipinski definition) is 4. The van der Waals surface area contributed by atoms with E-state index in [9.17, 15) is 14.4 Å². The number of amides is 1. The lowest BCUT2D eigenvalue weighted by Gasteiger charge is -2.14. The second-order valence-corrected chi connectivity index (χ2v) is 12.8. The summed E-state index contributed by atoms with van der Waals surface area (Å²) < 4.78 is 5.89. The summed E-state index contributed by atoms with van der Waals surface area (Å²) in [6.07, 6.45) is 42.9. The zero-order chi connectivity index (χ0) is 33.8. The van der Waals surface area contributed by atoms with Crippen molar-refractivity contribution < 1.29 is 24.2 Å². The molecule has 0 aliphatic heterocycles. The molecule has 0 fully saturated rings. The molecule has 0 aliphatic carbocycles. The van der Waals surface area contributed by atoms with Crippen LogP contribution in [0.25, 0.3) is 0 Å². The molecule has 0 aromatic rings.